The molecule has 1 heterocycles. The zero-order valence-corrected chi connectivity index (χ0v) is 11.9. The Morgan fingerprint density at radius 3 is 2.55 bits per heavy atom. The number of nitrogens with zero attached hydrogens (tertiary/aromatic N) is 1. The molecule has 0 aliphatic rings. The van der Waals surface area contributed by atoms with Gasteiger partial charge in [0.1, 0.15) is 11.6 Å². The maximum Gasteiger partial charge on any atom is 0.138 e. The van der Waals surface area contributed by atoms with Gasteiger partial charge in [-0.1, -0.05) is 6.07 Å². The third-order valence-electron chi connectivity index (χ3n) is 2.90. The topological polar surface area (TPSA) is 48.1 Å². The maximum absolute atomic E-state index is 13.5. The molecule has 0 saturated carbocycles. The zero-order valence-electron chi connectivity index (χ0n) is 11.9. The van der Waals surface area contributed by atoms with Crippen molar-refractivity contribution in [2.24, 2.45) is 5.73 Å². The van der Waals surface area contributed by atoms with E-state index in [1.54, 1.807) is 18.5 Å². The molecular weight excluding hydrogens is 255 g/mol. The minimum absolute atomic E-state index is 0.0625. The van der Waals surface area contributed by atoms with Crippen LogP contribution in [0.4, 0.5) is 4.39 Å². The van der Waals surface area contributed by atoms with Crippen molar-refractivity contribution in [1.82, 2.24) is 4.98 Å². The first kappa shape index (κ1) is 14.5. The van der Waals surface area contributed by atoms with Gasteiger partial charge in [-0.2, -0.15) is 0 Å². The standard InChI is InChI=1S/C16H19FN2O/c1-10(2)20-14-6-12(8-19-9-14)16-7-13(17)4-5-15(16)11(3)18/h4-11H,18H2,1-3H3. The first-order chi connectivity index (χ1) is 9.47. The quantitative estimate of drug-likeness (QED) is 0.924. The van der Waals surface area contributed by atoms with Gasteiger partial charge >= 0.3 is 0 Å². The van der Waals surface area contributed by atoms with Crippen LogP contribution in [0.25, 0.3) is 11.1 Å². The Labute approximate surface area is 118 Å². The Balaban J connectivity index is 2.48. The number of aromatic nitrogens is 1. The summed E-state index contributed by atoms with van der Waals surface area (Å²) in [5.41, 5.74) is 8.38. The first-order valence-electron chi connectivity index (χ1n) is 6.64. The normalized spacial score (nSPS) is 12.5. The first-order valence-corrected chi connectivity index (χ1v) is 6.64. The molecule has 2 rings (SSSR count). The molecule has 0 radical (unpaired) electrons. The summed E-state index contributed by atoms with van der Waals surface area (Å²) in [6.45, 7) is 5.77. The molecule has 0 aliphatic heterocycles. The van der Waals surface area contributed by atoms with Crippen molar-refractivity contribution in [3.8, 4) is 16.9 Å². The second kappa shape index (κ2) is 6.01. The van der Waals surface area contributed by atoms with Gasteiger partial charge in [-0.25, -0.2) is 4.39 Å². The Morgan fingerprint density at radius 1 is 1.15 bits per heavy atom. The fourth-order valence-corrected chi connectivity index (χ4v) is 2.08. The fourth-order valence-electron chi connectivity index (χ4n) is 2.08. The van der Waals surface area contributed by atoms with Crippen LogP contribution in [-0.4, -0.2) is 11.1 Å². The molecule has 0 saturated heterocycles. The summed E-state index contributed by atoms with van der Waals surface area (Å²) >= 11 is 0. The summed E-state index contributed by atoms with van der Waals surface area (Å²) in [6.07, 6.45) is 3.40. The molecule has 1 aromatic carbocycles. The molecule has 4 heteroatoms. The van der Waals surface area contributed by atoms with E-state index in [4.69, 9.17) is 10.5 Å². The van der Waals surface area contributed by atoms with Gasteiger partial charge in [0.2, 0.25) is 0 Å². The van der Waals surface area contributed by atoms with Crippen LogP contribution in [0.1, 0.15) is 32.4 Å². The van der Waals surface area contributed by atoms with Gasteiger partial charge in [0.05, 0.1) is 12.3 Å². The van der Waals surface area contributed by atoms with Gasteiger partial charge in [-0.15, -0.1) is 0 Å². The van der Waals surface area contributed by atoms with Crippen LogP contribution in [0.5, 0.6) is 5.75 Å². The number of halogens is 1. The summed E-state index contributed by atoms with van der Waals surface area (Å²) in [5, 5.41) is 0. The lowest BCUT2D eigenvalue weighted by molar-refractivity contribution is 0.241. The average molecular weight is 274 g/mol. The van der Waals surface area contributed by atoms with Gasteiger partial charge in [0.15, 0.2) is 0 Å². The van der Waals surface area contributed by atoms with Crippen molar-refractivity contribution in [2.45, 2.75) is 32.9 Å². The molecule has 20 heavy (non-hydrogen) atoms. The monoisotopic (exact) mass is 274 g/mol. The van der Waals surface area contributed by atoms with Crippen LogP contribution in [0, 0.1) is 5.82 Å². The van der Waals surface area contributed by atoms with E-state index in [1.165, 1.54) is 12.1 Å². The Kier molecular flexibility index (Phi) is 4.35. The highest BCUT2D eigenvalue weighted by Crippen LogP contribution is 2.30. The molecule has 1 unspecified atom stereocenters. The fraction of sp³-hybridized carbons (Fsp3) is 0.312. The molecular formula is C16H19FN2O. The highest BCUT2D eigenvalue weighted by Gasteiger charge is 2.11. The van der Waals surface area contributed by atoms with Gasteiger partial charge in [0.25, 0.3) is 0 Å². The molecule has 0 bridgehead atoms. The number of pyridine rings is 1. The zero-order chi connectivity index (χ0) is 14.7. The SMILES string of the molecule is CC(C)Oc1cncc(-c2cc(F)ccc2C(C)N)c1. The summed E-state index contributed by atoms with van der Waals surface area (Å²) in [7, 11) is 0. The van der Waals surface area contributed by atoms with E-state index in [0.717, 1.165) is 16.7 Å². The van der Waals surface area contributed by atoms with Crippen LogP contribution in [0.2, 0.25) is 0 Å². The Bertz CT molecular complexity index is 597. The number of benzene rings is 1. The number of rotatable bonds is 4. The van der Waals surface area contributed by atoms with E-state index in [0.29, 0.717) is 5.75 Å². The van der Waals surface area contributed by atoms with E-state index < -0.39 is 0 Å². The maximum atomic E-state index is 13.5. The van der Waals surface area contributed by atoms with E-state index in [9.17, 15) is 4.39 Å². The minimum Gasteiger partial charge on any atom is -0.489 e. The molecule has 2 N–H and O–H groups in total. The Morgan fingerprint density at radius 2 is 1.90 bits per heavy atom. The lowest BCUT2D eigenvalue weighted by Gasteiger charge is -2.14. The smallest absolute Gasteiger partial charge is 0.138 e. The average Bonchev–Trinajstić information content (AvgIpc) is 2.37. The largest absolute Gasteiger partial charge is 0.489 e. The van der Waals surface area contributed by atoms with Crippen LogP contribution in [0.3, 0.4) is 0 Å². The molecule has 3 nitrogen and oxygen atoms in total. The summed E-state index contributed by atoms with van der Waals surface area (Å²) in [6, 6.07) is 6.29. The van der Waals surface area contributed by atoms with Crippen LogP contribution in [0.15, 0.2) is 36.7 Å². The molecule has 106 valence electrons. The second-order valence-electron chi connectivity index (χ2n) is 5.10. The third kappa shape index (κ3) is 3.33. The Hall–Kier alpha value is -1.94. The van der Waals surface area contributed by atoms with Crippen LogP contribution in [-0.2, 0) is 0 Å². The van der Waals surface area contributed by atoms with Gasteiger partial charge in [-0.3, -0.25) is 4.98 Å². The predicted molar refractivity (Wildman–Crippen MR) is 78.0 cm³/mol. The second-order valence-corrected chi connectivity index (χ2v) is 5.10. The van der Waals surface area contributed by atoms with Crippen molar-refractivity contribution in [3.05, 3.63) is 48.0 Å². The molecule has 0 amide bonds. The van der Waals surface area contributed by atoms with Gasteiger partial charge in [0, 0.05) is 17.8 Å². The molecule has 1 atom stereocenters. The van der Waals surface area contributed by atoms with Crippen molar-refractivity contribution in [2.75, 3.05) is 0 Å². The molecule has 0 fully saturated rings. The molecule has 0 spiro atoms. The van der Waals surface area contributed by atoms with Crippen LogP contribution < -0.4 is 10.5 Å². The summed E-state index contributed by atoms with van der Waals surface area (Å²) < 4.78 is 19.1. The number of nitrogens with two attached hydrogens (primary N) is 1. The highest BCUT2D eigenvalue weighted by molar-refractivity contribution is 5.68. The lowest BCUT2D eigenvalue weighted by atomic mass is 9.97. The number of ether oxygens (including phenoxy) is 1. The lowest BCUT2D eigenvalue weighted by Crippen LogP contribution is -2.08. The number of hydrogen-bond acceptors (Lipinski definition) is 3. The van der Waals surface area contributed by atoms with Gasteiger partial charge < -0.3 is 10.5 Å². The van der Waals surface area contributed by atoms with Crippen molar-refractivity contribution < 1.29 is 9.13 Å². The van der Waals surface area contributed by atoms with Crippen molar-refractivity contribution >= 4 is 0 Å². The van der Waals surface area contributed by atoms with E-state index in [2.05, 4.69) is 4.98 Å². The third-order valence-corrected chi connectivity index (χ3v) is 2.90. The summed E-state index contributed by atoms with van der Waals surface area (Å²) in [4.78, 5) is 4.16. The minimum atomic E-state index is -0.292. The summed E-state index contributed by atoms with van der Waals surface area (Å²) in [5.74, 6) is 0.372. The molecule has 1 aromatic heterocycles. The molecule has 0 aliphatic carbocycles. The van der Waals surface area contributed by atoms with Crippen LogP contribution >= 0.6 is 0 Å². The number of hydrogen-bond donors (Lipinski definition) is 1. The van der Waals surface area contributed by atoms with Crippen molar-refractivity contribution in [3.63, 3.8) is 0 Å². The molecule has 2 aromatic rings. The predicted octanol–water partition coefficient (Wildman–Crippen LogP) is 3.69. The van der Waals surface area contributed by atoms with Gasteiger partial charge in [-0.05, 0) is 50.1 Å². The van der Waals surface area contributed by atoms with E-state index in [1.807, 2.05) is 26.8 Å². The van der Waals surface area contributed by atoms with E-state index in [-0.39, 0.29) is 18.0 Å². The van der Waals surface area contributed by atoms with Crippen molar-refractivity contribution in [1.29, 1.82) is 0 Å². The highest BCUT2D eigenvalue weighted by atomic mass is 19.1. The van der Waals surface area contributed by atoms with E-state index >= 15 is 0 Å².